The summed E-state index contributed by atoms with van der Waals surface area (Å²) >= 11 is 0. The maximum absolute atomic E-state index is 11.3. The van der Waals surface area contributed by atoms with Crippen molar-refractivity contribution in [2.45, 2.75) is 52.2 Å². The van der Waals surface area contributed by atoms with Crippen LogP contribution in [0.3, 0.4) is 0 Å². The van der Waals surface area contributed by atoms with E-state index in [2.05, 4.69) is 42.1 Å². The van der Waals surface area contributed by atoms with Crippen LogP contribution in [0.4, 0.5) is 0 Å². The number of amides is 2. The van der Waals surface area contributed by atoms with Gasteiger partial charge in [-0.3, -0.25) is 19.3 Å². The van der Waals surface area contributed by atoms with Crippen LogP contribution in [0.25, 0.3) is 0 Å². The summed E-state index contributed by atoms with van der Waals surface area (Å²) in [5.74, 6) is 1.69. The molecule has 1 fully saturated rings. The van der Waals surface area contributed by atoms with Gasteiger partial charge in [0.1, 0.15) is 6.10 Å². The molecule has 0 aromatic carbocycles. The van der Waals surface area contributed by atoms with E-state index >= 15 is 0 Å². The summed E-state index contributed by atoms with van der Waals surface area (Å²) in [5, 5.41) is 11.7. The summed E-state index contributed by atoms with van der Waals surface area (Å²) in [7, 11) is 5.85. The van der Waals surface area contributed by atoms with Gasteiger partial charge in [-0.05, 0) is 26.7 Å². The quantitative estimate of drug-likeness (QED) is 0.257. The monoisotopic (exact) mass is 440 g/mol. The predicted octanol–water partition coefficient (Wildman–Crippen LogP) is 2.91. The maximum Gasteiger partial charge on any atom is 0.277 e. The molecule has 0 radical (unpaired) electrons. The molecule has 0 aromatic heterocycles. The molecule has 8 heteroatoms. The van der Waals surface area contributed by atoms with Gasteiger partial charge in [0, 0.05) is 20.5 Å². The van der Waals surface area contributed by atoms with Gasteiger partial charge in [0.25, 0.3) is 11.8 Å². The van der Waals surface area contributed by atoms with E-state index in [0.29, 0.717) is 13.0 Å². The number of hydroxylamine groups is 4. The van der Waals surface area contributed by atoms with E-state index in [1.54, 1.807) is 20.0 Å². The number of ether oxygens (including phenoxy) is 1. The van der Waals surface area contributed by atoms with E-state index in [1.165, 1.54) is 21.3 Å². The van der Waals surface area contributed by atoms with Crippen LogP contribution in [0.5, 0.6) is 0 Å². The highest BCUT2D eigenvalue weighted by Gasteiger charge is 2.33. The molecule has 0 spiro atoms. The van der Waals surface area contributed by atoms with Crippen LogP contribution >= 0.6 is 0 Å². The number of allylic oxidation sites excluding steroid dienone is 3. The SMILES string of the molecule is C#CC.C=CC/C(C)=C\C[C@H](O)C(=O)N(C)OC.C=CCC.CON(C)C(=O)[C@@H]1CO1. The first kappa shape index (κ1) is 33.2. The maximum atomic E-state index is 11.3. The van der Waals surface area contributed by atoms with E-state index in [4.69, 9.17) is 4.74 Å². The lowest BCUT2D eigenvalue weighted by molar-refractivity contribution is -0.177. The third kappa shape index (κ3) is 20.6. The lowest BCUT2D eigenvalue weighted by atomic mass is 10.1. The van der Waals surface area contributed by atoms with Crippen molar-refractivity contribution in [1.82, 2.24) is 10.1 Å². The molecule has 2 atom stereocenters. The van der Waals surface area contributed by atoms with Crippen LogP contribution in [0.1, 0.15) is 40.0 Å². The first-order valence-electron chi connectivity index (χ1n) is 9.79. The smallest absolute Gasteiger partial charge is 0.277 e. The molecule has 0 aliphatic carbocycles. The fourth-order valence-corrected chi connectivity index (χ4v) is 1.51. The van der Waals surface area contributed by atoms with Crippen LogP contribution in [0, 0.1) is 12.3 Å². The Morgan fingerprint density at radius 1 is 1.26 bits per heavy atom. The molecule has 1 rings (SSSR count). The zero-order valence-corrected chi connectivity index (χ0v) is 20.1. The Labute approximate surface area is 188 Å². The number of rotatable bonds is 9. The summed E-state index contributed by atoms with van der Waals surface area (Å²) in [5.41, 5.74) is 1.08. The second kappa shape index (κ2) is 22.2. The van der Waals surface area contributed by atoms with Crippen LogP contribution in [0.15, 0.2) is 37.0 Å². The van der Waals surface area contributed by atoms with Gasteiger partial charge in [0.05, 0.1) is 20.8 Å². The number of aliphatic hydroxyl groups is 1. The average molecular weight is 441 g/mol. The van der Waals surface area contributed by atoms with Crippen molar-refractivity contribution in [3.63, 3.8) is 0 Å². The second-order valence-electron chi connectivity index (χ2n) is 6.14. The lowest BCUT2D eigenvalue weighted by Gasteiger charge is -2.16. The number of aliphatic hydroxyl groups excluding tert-OH is 1. The molecule has 8 nitrogen and oxygen atoms in total. The van der Waals surface area contributed by atoms with Gasteiger partial charge in [0.15, 0.2) is 6.10 Å². The van der Waals surface area contributed by atoms with Gasteiger partial charge in [-0.2, -0.15) is 0 Å². The molecule has 1 aliphatic rings. The molecule has 0 unspecified atom stereocenters. The Morgan fingerprint density at radius 2 is 1.71 bits per heavy atom. The van der Waals surface area contributed by atoms with Crippen LogP contribution in [-0.2, 0) is 24.0 Å². The Morgan fingerprint density at radius 3 is 2.03 bits per heavy atom. The van der Waals surface area contributed by atoms with Crippen molar-refractivity contribution in [1.29, 1.82) is 0 Å². The van der Waals surface area contributed by atoms with Gasteiger partial charge in [-0.1, -0.05) is 30.7 Å². The minimum Gasteiger partial charge on any atom is -0.383 e. The Bertz CT molecular complexity index is 579. The zero-order chi connectivity index (χ0) is 24.8. The molecule has 0 saturated carbocycles. The van der Waals surface area contributed by atoms with Crippen molar-refractivity contribution in [2.24, 2.45) is 0 Å². The molecule has 2 amide bonds. The molecule has 1 saturated heterocycles. The molecule has 0 aromatic rings. The first-order chi connectivity index (χ1) is 14.6. The summed E-state index contributed by atoms with van der Waals surface area (Å²) < 4.78 is 4.72. The molecular weight excluding hydrogens is 400 g/mol. The summed E-state index contributed by atoms with van der Waals surface area (Å²) in [6.45, 7) is 13.3. The largest absolute Gasteiger partial charge is 0.383 e. The highest BCUT2D eigenvalue weighted by Crippen LogP contribution is 2.11. The lowest BCUT2D eigenvalue weighted by Crippen LogP contribution is -2.35. The number of hydrogen-bond acceptors (Lipinski definition) is 6. The van der Waals surface area contributed by atoms with Crippen molar-refractivity contribution < 1.29 is 29.1 Å². The van der Waals surface area contributed by atoms with Crippen molar-refractivity contribution in [2.75, 3.05) is 34.9 Å². The van der Waals surface area contributed by atoms with Crippen molar-refractivity contribution >= 4 is 11.8 Å². The van der Waals surface area contributed by atoms with Crippen molar-refractivity contribution in [3.05, 3.63) is 37.0 Å². The standard InChI is InChI=1S/C11H19NO3.C5H9NO3.C4H8.C3H4/c1-5-6-9(2)7-8-10(13)11(14)12(3)15-4;1-6(8-2)5(7)4-3-9-4;1-3-4-2;1-3-2/h5,7,10,13H,1,6,8H2,2-4H3;4H,3H2,1-2H3;3H,1,4H2,2H3;1H,2H3/b9-7-;;;/t10-;4-;;/m00../s1. The van der Waals surface area contributed by atoms with E-state index < -0.39 is 12.0 Å². The Balaban J connectivity index is -0.000000411. The third-order valence-electron chi connectivity index (χ3n) is 3.51. The summed E-state index contributed by atoms with van der Waals surface area (Å²) in [6, 6.07) is 0. The topological polar surface area (TPSA) is 91.8 Å². The van der Waals surface area contributed by atoms with E-state index in [-0.39, 0.29) is 12.0 Å². The normalized spacial score (nSPS) is 14.4. The van der Waals surface area contributed by atoms with E-state index in [0.717, 1.165) is 28.5 Å². The number of nitrogens with zero attached hydrogens (tertiary/aromatic N) is 2. The number of carbonyl (C=O) groups is 2. The minimum atomic E-state index is -1.05. The van der Waals surface area contributed by atoms with Gasteiger partial charge in [-0.15, -0.1) is 25.5 Å². The minimum absolute atomic E-state index is 0.113. The third-order valence-corrected chi connectivity index (χ3v) is 3.51. The highest BCUT2D eigenvalue weighted by atomic mass is 16.7. The first-order valence-corrected chi connectivity index (χ1v) is 9.79. The fraction of sp³-hybridized carbons (Fsp3) is 0.565. The van der Waals surface area contributed by atoms with Crippen LogP contribution in [-0.4, -0.2) is 74.2 Å². The van der Waals surface area contributed by atoms with Crippen LogP contribution < -0.4 is 0 Å². The predicted molar refractivity (Wildman–Crippen MR) is 123 cm³/mol. The van der Waals surface area contributed by atoms with E-state index in [1.807, 2.05) is 19.1 Å². The number of epoxide rings is 1. The Kier molecular flexibility index (Phi) is 23.8. The van der Waals surface area contributed by atoms with Gasteiger partial charge in [-0.25, -0.2) is 10.1 Å². The Hall–Kier alpha value is -2.44. The fourth-order valence-electron chi connectivity index (χ4n) is 1.51. The molecule has 1 aliphatic heterocycles. The van der Waals surface area contributed by atoms with Gasteiger partial charge in [0.2, 0.25) is 0 Å². The second-order valence-corrected chi connectivity index (χ2v) is 6.14. The number of likely N-dealkylation sites (N-methyl/N-ethyl adjacent to an activating group) is 2. The number of hydrogen-bond donors (Lipinski definition) is 1. The molecule has 1 heterocycles. The molecule has 31 heavy (non-hydrogen) atoms. The molecule has 1 N–H and O–H groups in total. The van der Waals surface area contributed by atoms with Gasteiger partial charge < -0.3 is 9.84 Å². The average Bonchev–Trinajstić information content (AvgIpc) is 3.62. The van der Waals surface area contributed by atoms with Crippen LogP contribution in [0.2, 0.25) is 0 Å². The highest BCUT2D eigenvalue weighted by molar-refractivity contribution is 5.81. The molecular formula is C23H40N2O6. The number of carbonyl (C=O) groups excluding carboxylic acids is 2. The molecule has 0 bridgehead atoms. The number of terminal acetylenes is 1. The summed E-state index contributed by atoms with van der Waals surface area (Å²) in [4.78, 5) is 31.4. The summed E-state index contributed by atoms with van der Waals surface area (Å²) in [6.07, 6.45) is 10.9. The van der Waals surface area contributed by atoms with Gasteiger partial charge >= 0.3 is 0 Å². The zero-order valence-electron chi connectivity index (χ0n) is 20.1. The van der Waals surface area contributed by atoms with Crippen molar-refractivity contribution in [3.8, 4) is 12.3 Å². The molecule has 178 valence electrons. The van der Waals surface area contributed by atoms with E-state index in [9.17, 15) is 14.7 Å².